The van der Waals surface area contributed by atoms with E-state index in [4.69, 9.17) is 5.73 Å². The minimum Gasteiger partial charge on any atom is -0.506 e. The Morgan fingerprint density at radius 3 is 2.78 bits per heavy atom. The predicted octanol–water partition coefficient (Wildman–Crippen LogP) is 2.19. The van der Waals surface area contributed by atoms with Crippen molar-refractivity contribution < 1.29 is 23.4 Å². The monoisotopic (exact) mass is 323 g/mol. The van der Waals surface area contributed by atoms with Crippen molar-refractivity contribution in [3.05, 3.63) is 28.0 Å². The Balaban J connectivity index is 3.07. The second-order valence-electron chi connectivity index (χ2n) is 3.47. The van der Waals surface area contributed by atoms with Crippen LogP contribution in [0.3, 0.4) is 0 Å². The van der Waals surface area contributed by atoms with Gasteiger partial charge in [-0.2, -0.15) is 0 Å². The van der Waals surface area contributed by atoms with E-state index < -0.39 is 35.3 Å². The van der Waals surface area contributed by atoms with Gasteiger partial charge in [-0.05, 0) is 35.0 Å². The van der Waals surface area contributed by atoms with Crippen LogP contribution in [0.25, 0.3) is 0 Å². The number of hydrogen-bond donors (Lipinski definition) is 2. The first-order valence-corrected chi connectivity index (χ1v) is 5.92. The van der Waals surface area contributed by atoms with Gasteiger partial charge in [0.05, 0.1) is 22.7 Å². The average Bonchev–Trinajstić information content (AvgIpc) is 2.33. The van der Waals surface area contributed by atoms with Crippen molar-refractivity contribution in [2.45, 2.75) is 19.1 Å². The van der Waals surface area contributed by atoms with Gasteiger partial charge in [0.15, 0.2) is 0 Å². The molecule has 0 aliphatic carbocycles. The molecule has 7 heteroatoms. The number of halogens is 3. The summed E-state index contributed by atoms with van der Waals surface area (Å²) in [4.78, 5) is 11.2. The zero-order valence-electron chi connectivity index (χ0n) is 9.49. The highest BCUT2D eigenvalue weighted by atomic mass is 79.9. The molecule has 1 aromatic rings. The fourth-order valence-corrected chi connectivity index (χ4v) is 1.73. The van der Waals surface area contributed by atoms with Crippen molar-refractivity contribution in [2.75, 3.05) is 6.61 Å². The summed E-state index contributed by atoms with van der Waals surface area (Å²) >= 11 is 2.95. The van der Waals surface area contributed by atoms with Crippen LogP contribution >= 0.6 is 15.9 Å². The van der Waals surface area contributed by atoms with E-state index in [9.17, 15) is 18.7 Å². The molecule has 3 N–H and O–H groups in total. The maximum Gasteiger partial charge on any atom is 0.342 e. The van der Waals surface area contributed by atoms with Gasteiger partial charge < -0.3 is 15.6 Å². The van der Waals surface area contributed by atoms with Crippen LogP contribution in [0, 0.1) is 5.82 Å². The Labute approximate surface area is 111 Å². The Morgan fingerprint density at radius 1 is 1.61 bits per heavy atom. The van der Waals surface area contributed by atoms with Crippen molar-refractivity contribution in [3.63, 3.8) is 0 Å². The highest BCUT2D eigenvalue weighted by Gasteiger charge is 2.32. The van der Waals surface area contributed by atoms with Gasteiger partial charge in [-0.15, -0.1) is 0 Å². The molecule has 2 atom stereocenters. The molecular formula is C11H12BrF2NO3. The number of rotatable bonds is 4. The number of carbonyl (C=O) groups excluding carboxylic acids is 1. The third-order valence-electron chi connectivity index (χ3n) is 2.28. The molecule has 0 bridgehead atoms. The van der Waals surface area contributed by atoms with Crippen molar-refractivity contribution in [1.82, 2.24) is 0 Å². The van der Waals surface area contributed by atoms with E-state index in [1.54, 1.807) is 0 Å². The highest BCUT2D eigenvalue weighted by molar-refractivity contribution is 9.10. The molecule has 0 aliphatic heterocycles. The number of nitrogens with two attached hydrogens (primary N) is 1. The smallest absolute Gasteiger partial charge is 0.342 e. The van der Waals surface area contributed by atoms with Gasteiger partial charge in [-0.1, -0.05) is 0 Å². The Hall–Kier alpha value is -1.21. The van der Waals surface area contributed by atoms with Gasteiger partial charge in [0.2, 0.25) is 6.17 Å². The summed E-state index contributed by atoms with van der Waals surface area (Å²) in [6, 6.07) is 0.622. The fraction of sp³-hybridized carbons (Fsp3) is 0.364. The lowest BCUT2D eigenvalue weighted by Crippen LogP contribution is -2.32. The number of benzene rings is 1. The molecule has 0 heterocycles. The van der Waals surface area contributed by atoms with Gasteiger partial charge in [-0.3, -0.25) is 0 Å². The van der Waals surface area contributed by atoms with E-state index in [1.165, 1.54) is 13.0 Å². The lowest BCUT2D eigenvalue weighted by atomic mass is 10.0. The summed E-state index contributed by atoms with van der Waals surface area (Å²) in [5, 5.41) is 9.62. The molecule has 0 radical (unpaired) electrons. The standard InChI is InChI=1S/C11H12BrF2NO3/c1-2-18-11(17)8(14)9(15)7-6(13)4-3-5(12)10(7)16/h3-4,8-9,16H,2,15H2,1H3/t8?,9-/m0/s1. The van der Waals surface area contributed by atoms with Gasteiger partial charge in [0.25, 0.3) is 0 Å². The minimum atomic E-state index is -2.25. The van der Waals surface area contributed by atoms with Crippen LogP contribution in [0.4, 0.5) is 8.78 Å². The quantitative estimate of drug-likeness (QED) is 0.833. The first kappa shape index (κ1) is 14.8. The first-order valence-electron chi connectivity index (χ1n) is 5.13. The fourth-order valence-electron chi connectivity index (χ4n) is 1.39. The maximum absolute atomic E-state index is 13.7. The minimum absolute atomic E-state index is 0.0150. The van der Waals surface area contributed by atoms with Crippen molar-refractivity contribution in [1.29, 1.82) is 0 Å². The Kier molecular flexibility index (Phi) is 5.03. The van der Waals surface area contributed by atoms with Crippen LogP contribution in [0.2, 0.25) is 0 Å². The lowest BCUT2D eigenvalue weighted by Gasteiger charge is -2.18. The summed E-state index contributed by atoms with van der Waals surface area (Å²) in [5.41, 5.74) is 4.98. The molecule has 0 spiro atoms. The zero-order valence-corrected chi connectivity index (χ0v) is 11.1. The molecule has 18 heavy (non-hydrogen) atoms. The number of phenols is 1. The van der Waals surface area contributed by atoms with Crippen LogP contribution in [0.5, 0.6) is 5.75 Å². The molecule has 1 unspecified atom stereocenters. The summed E-state index contributed by atoms with van der Waals surface area (Å²) in [7, 11) is 0. The SMILES string of the molecule is CCOC(=O)C(F)[C@@H](N)c1c(F)ccc(Br)c1O. The number of carbonyl (C=O) groups is 1. The van der Waals surface area contributed by atoms with Crippen molar-refractivity contribution in [2.24, 2.45) is 5.73 Å². The van der Waals surface area contributed by atoms with Crippen LogP contribution in [-0.2, 0) is 9.53 Å². The van der Waals surface area contributed by atoms with Gasteiger partial charge in [0.1, 0.15) is 11.6 Å². The summed E-state index contributed by atoms with van der Waals surface area (Å²) in [6.07, 6.45) is -2.25. The second kappa shape index (κ2) is 6.10. The van der Waals surface area contributed by atoms with Crippen LogP contribution in [-0.4, -0.2) is 23.9 Å². The van der Waals surface area contributed by atoms with E-state index in [0.717, 1.165) is 6.07 Å². The Morgan fingerprint density at radius 2 is 2.22 bits per heavy atom. The molecule has 0 saturated heterocycles. The molecule has 0 aromatic heterocycles. The molecule has 1 rings (SSSR count). The number of esters is 1. The molecule has 0 amide bonds. The van der Waals surface area contributed by atoms with Crippen molar-refractivity contribution in [3.8, 4) is 5.75 Å². The van der Waals surface area contributed by atoms with E-state index in [0.29, 0.717) is 0 Å². The summed E-state index contributed by atoms with van der Waals surface area (Å²) < 4.78 is 31.8. The van der Waals surface area contributed by atoms with E-state index in [1.807, 2.05) is 0 Å². The first-order chi connectivity index (χ1) is 8.40. The van der Waals surface area contributed by atoms with Gasteiger partial charge in [0, 0.05) is 0 Å². The van der Waals surface area contributed by atoms with Gasteiger partial charge >= 0.3 is 5.97 Å². The van der Waals surface area contributed by atoms with E-state index in [-0.39, 0.29) is 11.1 Å². The molecule has 0 aliphatic rings. The number of aromatic hydroxyl groups is 1. The van der Waals surface area contributed by atoms with Crippen LogP contribution in [0.1, 0.15) is 18.5 Å². The van der Waals surface area contributed by atoms with Crippen LogP contribution in [0.15, 0.2) is 16.6 Å². The molecule has 4 nitrogen and oxygen atoms in total. The average molecular weight is 324 g/mol. The number of ether oxygens (including phenoxy) is 1. The summed E-state index contributed by atoms with van der Waals surface area (Å²) in [6.45, 7) is 1.49. The molecular weight excluding hydrogens is 312 g/mol. The maximum atomic E-state index is 13.7. The Bertz CT molecular complexity index is 456. The van der Waals surface area contributed by atoms with Crippen molar-refractivity contribution >= 4 is 21.9 Å². The third kappa shape index (κ3) is 2.97. The number of phenolic OH excluding ortho intramolecular Hbond substituents is 1. The topological polar surface area (TPSA) is 72.5 Å². The predicted molar refractivity (Wildman–Crippen MR) is 64.2 cm³/mol. The van der Waals surface area contributed by atoms with Gasteiger partial charge in [-0.25, -0.2) is 13.6 Å². The third-order valence-corrected chi connectivity index (χ3v) is 2.91. The number of alkyl halides is 1. The van der Waals surface area contributed by atoms with E-state index in [2.05, 4.69) is 20.7 Å². The molecule has 0 saturated carbocycles. The second-order valence-corrected chi connectivity index (χ2v) is 4.33. The van der Waals surface area contributed by atoms with Crippen LogP contribution < -0.4 is 5.73 Å². The molecule has 0 fully saturated rings. The van der Waals surface area contributed by atoms with E-state index >= 15 is 0 Å². The highest BCUT2D eigenvalue weighted by Crippen LogP contribution is 2.35. The normalized spacial score (nSPS) is 14.1. The lowest BCUT2D eigenvalue weighted by molar-refractivity contribution is -0.149. The molecule has 100 valence electrons. The summed E-state index contributed by atoms with van der Waals surface area (Å²) in [5.74, 6) is -2.62. The zero-order chi connectivity index (χ0) is 13.9. The number of hydrogen-bond acceptors (Lipinski definition) is 4. The largest absolute Gasteiger partial charge is 0.506 e. The molecule has 1 aromatic carbocycles.